The fourth-order valence-electron chi connectivity index (χ4n) is 1.93. The summed E-state index contributed by atoms with van der Waals surface area (Å²) in [5.41, 5.74) is 2.22. The van der Waals surface area contributed by atoms with Gasteiger partial charge in [0.2, 0.25) is 0 Å². The number of nitrogens with one attached hydrogen (secondary N) is 2. The normalized spacial score (nSPS) is 11.2. The fraction of sp³-hybridized carbons (Fsp3) is 0.375. The molecule has 1 aromatic carbocycles. The predicted octanol–water partition coefficient (Wildman–Crippen LogP) is 4.05. The van der Waals surface area contributed by atoms with Crippen molar-refractivity contribution >= 4 is 17.3 Å². The molecule has 0 radical (unpaired) electrons. The van der Waals surface area contributed by atoms with E-state index >= 15 is 0 Å². The summed E-state index contributed by atoms with van der Waals surface area (Å²) in [5.74, 6) is 2.38. The second kappa shape index (κ2) is 5.49. The molecule has 0 bridgehead atoms. The Morgan fingerprint density at radius 3 is 2.25 bits per heavy atom. The fourth-order valence-corrected chi connectivity index (χ4v) is 1.93. The van der Waals surface area contributed by atoms with Crippen LogP contribution in [0, 0.1) is 13.8 Å². The molecule has 2 N–H and O–H groups in total. The van der Waals surface area contributed by atoms with Crippen molar-refractivity contribution in [3.05, 3.63) is 41.7 Å². The first kappa shape index (κ1) is 14.3. The van der Waals surface area contributed by atoms with E-state index in [-0.39, 0.29) is 5.54 Å². The van der Waals surface area contributed by atoms with Crippen LogP contribution in [0.2, 0.25) is 0 Å². The van der Waals surface area contributed by atoms with Gasteiger partial charge in [-0.1, -0.05) is 18.2 Å². The van der Waals surface area contributed by atoms with Crippen molar-refractivity contribution in [2.45, 2.75) is 40.2 Å². The smallest absolute Gasteiger partial charge is 0.136 e. The number of anilines is 3. The van der Waals surface area contributed by atoms with E-state index in [1.165, 1.54) is 5.56 Å². The highest BCUT2D eigenvalue weighted by atomic mass is 15.1. The Kier molecular flexibility index (Phi) is 3.93. The monoisotopic (exact) mass is 270 g/mol. The Balaban J connectivity index is 2.27. The van der Waals surface area contributed by atoms with E-state index in [2.05, 4.69) is 54.4 Å². The second-order valence-electron chi connectivity index (χ2n) is 6.00. The molecule has 1 aromatic heterocycles. The van der Waals surface area contributed by atoms with Crippen molar-refractivity contribution in [2.24, 2.45) is 0 Å². The lowest BCUT2D eigenvalue weighted by Crippen LogP contribution is -2.27. The van der Waals surface area contributed by atoms with E-state index in [1.807, 2.05) is 31.2 Å². The third-order valence-corrected chi connectivity index (χ3v) is 2.75. The average molecular weight is 270 g/mol. The van der Waals surface area contributed by atoms with Crippen LogP contribution in [0.1, 0.15) is 32.2 Å². The Morgan fingerprint density at radius 1 is 0.950 bits per heavy atom. The summed E-state index contributed by atoms with van der Waals surface area (Å²) in [6.45, 7) is 10.3. The first-order valence-electron chi connectivity index (χ1n) is 6.80. The summed E-state index contributed by atoms with van der Waals surface area (Å²) >= 11 is 0. The van der Waals surface area contributed by atoms with Gasteiger partial charge < -0.3 is 10.6 Å². The molecule has 0 fully saturated rings. The van der Waals surface area contributed by atoms with Gasteiger partial charge in [0.25, 0.3) is 0 Å². The van der Waals surface area contributed by atoms with Gasteiger partial charge in [0, 0.05) is 17.3 Å². The van der Waals surface area contributed by atoms with Gasteiger partial charge in [-0.2, -0.15) is 0 Å². The minimum Gasteiger partial charge on any atom is -0.365 e. The van der Waals surface area contributed by atoms with Crippen LogP contribution in [0.25, 0.3) is 0 Å². The van der Waals surface area contributed by atoms with E-state index in [9.17, 15) is 0 Å². The number of hydrogen-bond donors (Lipinski definition) is 2. The molecule has 1 heterocycles. The zero-order valence-corrected chi connectivity index (χ0v) is 12.8. The van der Waals surface area contributed by atoms with Gasteiger partial charge in [-0.25, -0.2) is 9.97 Å². The Labute approximate surface area is 120 Å². The molecule has 2 aromatic rings. The van der Waals surface area contributed by atoms with Crippen LogP contribution in [0.3, 0.4) is 0 Å². The molecule has 0 aliphatic rings. The summed E-state index contributed by atoms with van der Waals surface area (Å²) in [6.07, 6.45) is 0. The molecule has 4 heteroatoms. The number of nitrogens with zero attached hydrogens (tertiary/aromatic N) is 2. The second-order valence-corrected chi connectivity index (χ2v) is 6.00. The summed E-state index contributed by atoms with van der Waals surface area (Å²) in [7, 11) is 0. The van der Waals surface area contributed by atoms with Gasteiger partial charge in [0.1, 0.15) is 17.5 Å². The van der Waals surface area contributed by atoms with Crippen molar-refractivity contribution in [2.75, 3.05) is 10.6 Å². The van der Waals surface area contributed by atoms with Gasteiger partial charge in [0.05, 0.1) is 0 Å². The lowest BCUT2D eigenvalue weighted by atomic mass is 10.1. The molecule has 0 aliphatic heterocycles. The van der Waals surface area contributed by atoms with Crippen LogP contribution in [0.5, 0.6) is 0 Å². The molecule has 106 valence electrons. The number of aryl methyl sites for hydroxylation is 2. The van der Waals surface area contributed by atoms with Gasteiger partial charge in [0.15, 0.2) is 0 Å². The molecule has 0 atom stereocenters. The van der Waals surface area contributed by atoms with Crippen LogP contribution in [-0.4, -0.2) is 15.5 Å². The quantitative estimate of drug-likeness (QED) is 0.883. The molecule has 0 aliphatic carbocycles. The van der Waals surface area contributed by atoms with Crippen LogP contribution < -0.4 is 10.6 Å². The molecule has 4 nitrogen and oxygen atoms in total. The van der Waals surface area contributed by atoms with E-state index in [0.717, 1.165) is 23.1 Å². The average Bonchev–Trinajstić information content (AvgIpc) is 2.29. The third-order valence-electron chi connectivity index (χ3n) is 2.75. The molecule has 0 unspecified atom stereocenters. The van der Waals surface area contributed by atoms with Crippen LogP contribution in [-0.2, 0) is 0 Å². The lowest BCUT2D eigenvalue weighted by Gasteiger charge is -2.22. The highest BCUT2D eigenvalue weighted by molar-refractivity contribution is 5.62. The van der Waals surface area contributed by atoms with Gasteiger partial charge in [-0.05, 0) is 46.2 Å². The van der Waals surface area contributed by atoms with Crippen molar-refractivity contribution in [3.63, 3.8) is 0 Å². The maximum absolute atomic E-state index is 4.44. The van der Waals surface area contributed by atoms with E-state index in [1.54, 1.807) is 0 Å². The Hall–Kier alpha value is -2.10. The maximum Gasteiger partial charge on any atom is 0.136 e. The van der Waals surface area contributed by atoms with Gasteiger partial charge in [-0.3, -0.25) is 0 Å². The number of rotatable bonds is 3. The van der Waals surface area contributed by atoms with Crippen molar-refractivity contribution in [1.29, 1.82) is 0 Å². The summed E-state index contributed by atoms with van der Waals surface area (Å²) in [6, 6.07) is 10.1. The maximum atomic E-state index is 4.44. The summed E-state index contributed by atoms with van der Waals surface area (Å²) in [5, 5.41) is 6.72. The van der Waals surface area contributed by atoms with Gasteiger partial charge >= 0.3 is 0 Å². The topological polar surface area (TPSA) is 49.8 Å². The van der Waals surface area contributed by atoms with Crippen LogP contribution in [0.15, 0.2) is 30.3 Å². The third kappa shape index (κ3) is 3.95. The number of para-hydroxylation sites is 1. The molecule has 20 heavy (non-hydrogen) atoms. The molecular weight excluding hydrogens is 248 g/mol. The van der Waals surface area contributed by atoms with Crippen molar-refractivity contribution < 1.29 is 0 Å². The molecule has 0 spiro atoms. The van der Waals surface area contributed by atoms with Crippen molar-refractivity contribution in [1.82, 2.24) is 9.97 Å². The number of aromatic nitrogens is 2. The highest BCUT2D eigenvalue weighted by Crippen LogP contribution is 2.21. The molecule has 2 rings (SSSR count). The standard InChI is InChI=1S/C16H22N4/c1-11-8-6-7-9-13(11)19-14-10-15(18-12(2)17-14)20-16(3,4)5/h6-10H,1-5H3,(H2,17,18,19,20). The first-order chi connectivity index (χ1) is 9.33. The predicted molar refractivity (Wildman–Crippen MR) is 84.6 cm³/mol. The summed E-state index contributed by atoms with van der Waals surface area (Å²) < 4.78 is 0. The zero-order chi connectivity index (χ0) is 14.8. The first-order valence-corrected chi connectivity index (χ1v) is 6.80. The van der Waals surface area contributed by atoms with Crippen LogP contribution >= 0.6 is 0 Å². The van der Waals surface area contributed by atoms with Gasteiger partial charge in [-0.15, -0.1) is 0 Å². The molecular formula is C16H22N4. The minimum atomic E-state index is -0.0271. The van der Waals surface area contributed by atoms with E-state index < -0.39 is 0 Å². The highest BCUT2D eigenvalue weighted by Gasteiger charge is 2.11. The zero-order valence-electron chi connectivity index (χ0n) is 12.8. The molecule has 0 saturated carbocycles. The largest absolute Gasteiger partial charge is 0.365 e. The lowest BCUT2D eigenvalue weighted by molar-refractivity contribution is 0.629. The molecule has 0 saturated heterocycles. The van der Waals surface area contributed by atoms with Crippen LogP contribution in [0.4, 0.5) is 17.3 Å². The minimum absolute atomic E-state index is 0.0271. The van der Waals surface area contributed by atoms with E-state index in [4.69, 9.17) is 0 Å². The Morgan fingerprint density at radius 2 is 1.60 bits per heavy atom. The number of hydrogen-bond acceptors (Lipinski definition) is 4. The number of benzene rings is 1. The van der Waals surface area contributed by atoms with Crippen molar-refractivity contribution in [3.8, 4) is 0 Å². The van der Waals surface area contributed by atoms with E-state index in [0.29, 0.717) is 0 Å². The SMILES string of the molecule is Cc1nc(Nc2ccccc2C)cc(NC(C)(C)C)n1. The molecule has 0 amide bonds. The Bertz CT molecular complexity index is 600. The summed E-state index contributed by atoms with van der Waals surface area (Å²) in [4.78, 5) is 8.86.